The molecule has 1 rings (SSSR count). The molecule has 17 heavy (non-hydrogen) atoms. The molecule has 2 unspecified atom stereocenters. The minimum absolute atomic E-state index is 0.156. The van der Waals surface area contributed by atoms with E-state index in [9.17, 15) is 4.79 Å². The Balaban J connectivity index is 2.25. The first-order chi connectivity index (χ1) is 7.93. The van der Waals surface area contributed by atoms with Crippen molar-refractivity contribution in [3.63, 3.8) is 0 Å². The lowest BCUT2D eigenvalue weighted by Gasteiger charge is -2.39. The van der Waals surface area contributed by atoms with Gasteiger partial charge in [0.2, 0.25) is 5.91 Å². The van der Waals surface area contributed by atoms with E-state index in [1.54, 1.807) is 0 Å². The highest BCUT2D eigenvalue weighted by Crippen LogP contribution is 2.38. The normalized spacial score (nSPS) is 27.8. The van der Waals surface area contributed by atoms with Crippen LogP contribution >= 0.6 is 0 Å². The van der Waals surface area contributed by atoms with E-state index < -0.39 is 0 Å². The number of carbonyl (C=O) groups excluding carboxylic acids is 1. The fourth-order valence-corrected chi connectivity index (χ4v) is 3.18. The molecule has 0 bridgehead atoms. The van der Waals surface area contributed by atoms with Crippen LogP contribution in [0.3, 0.4) is 0 Å². The monoisotopic (exact) mass is 240 g/mol. The highest BCUT2D eigenvalue weighted by molar-refractivity contribution is 5.75. The van der Waals surface area contributed by atoms with Crippen molar-refractivity contribution in [1.82, 2.24) is 10.6 Å². The first-order valence-electron chi connectivity index (χ1n) is 6.93. The molecule has 0 aromatic rings. The molecule has 1 saturated carbocycles. The first-order valence-corrected chi connectivity index (χ1v) is 6.93. The highest BCUT2D eigenvalue weighted by Gasteiger charge is 2.31. The maximum Gasteiger partial charge on any atom is 0.221 e. The molecule has 0 aromatic heterocycles. The zero-order valence-electron chi connectivity index (χ0n) is 11.8. The molecule has 0 heterocycles. The lowest BCUT2D eigenvalue weighted by Crippen LogP contribution is -2.41. The summed E-state index contributed by atoms with van der Waals surface area (Å²) in [4.78, 5) is 11.3. The number of rotatable bonds is 5. The van der Waals surface area contributed by atoms with E-state index in [1.807, 2.05) is 6.92 Å². The SMILES string of the molecule is CCNC(=O)CCNC1CC(C)CC(C)(C)C1. The molecule has 0 radical (unpaired) electrons. The molecule has 3 nitrogen and oxygen atoms in total. The number of hydrogen-bond donors (Lipinski definition) is 2. The molecule has 1 aliphatic rings. The van der Waals surface area contributed by atoms with Gasteiger partial charge in [-0.3, -0.25) is 4.79 Å². The Labute approximate surface area is 106 Å². The fourth-order valence-electron chi connectivity index (χ4n) is 3.18. The van der Waals surface area contributed by atoms with Crippen molar-refractivity contribution in [3.8, 4) is 0 Å². The van der Waals surface area contributed by atoms with Crippen LogP contribution in [0.15, 0.2) is 0 Å². The molecule has 0 saturated heterocycles. The molecule has 2 N–H and O–H groups in total. The second kappa shape index (κ2) is 6.39. The van der Waals surface area contributed by atoms with Crippen LogP contribution in [0.1, 0.15) is 53.4 Å². The maximum absolute atomic E-state index is 11.3. The lowest BCUT2D eigenvalue weighted by molar-refractivity contribution is -0.120. The minimum Gasteiger partial charge on any atom is -0.356 e. The molecule has 2 atom stereocenters. The minimum atomic E-state index is 0.156. The van der Waals surface area contributed by atoms with Gasteiger partial charge in [-0.1, -0.05) is 20.8 Å². The highest BCUT2D eigenvalue weighted by atomic mass is 16.1. The van der Waals surface area contributed by atoms with Gasteiger partial charge in [0, 0.05) is 25.6 Å². The second-order valence-corrected chi connectivity index (χ2v) is 6.27. The van der Waals surface area contributed by atoms with Crippen molar-refractivity contribution in [2.75, 3.05) is 13.1 Å². The van der Waals surface area contributed by atoms with E-state index in [0.29, 0.717) is 17.9 Å². The summed E-state index contributed by atoms with van der Waals surface area (Å²) in [6, 6.07) is 0.586. The summed E-state index contributed by atoms with van der Waals surface area (Å²) in [5.74, 6) is 0.948. The Kier molecular flexibility index (Phi) is 5.44. The number of amides is 1. The van der Waals surface area contributed by atoms with E-state index >= 15 is 0 Å². The molecule has 1 fully saturated rings. The molecular weight excluding hydrogens is 212 g/mol. The molecule has 100 valence electrons. The average Bonchev–Trinajstić information content (AvgIpc) is 2.14. The predicted octanol–water partition coefficient (Wildman–Crippen LogP) is 2.32. The third-order valence-electron chi connectivity index (χ3n) is 3.55. The van der Waals surface area contributed by atoms with Gasteiger partial charge in [-0.2, -0.15) is 0 Å². The Hall–Kier alpha value is -0.570. The predicted molar refractivity (Wildman–Crippen MR) is 71.9 cm³/mol. The zero-order valence-corrected chi connectivity index (χ0v) is 11.8. The van der Waals surface area contributed by atoms with Gasteiger partial charge in [0.25, 0.3) is 0 Å². The summed E-state index contributed by atoms with van der Waals surface area (Å²) in [5.41, 5.74) is 0.445. The van der Waals surface area contributed by atoms with Crippen LogP contribution in [-0.4, -0.2) is 25.0 Å². The van der Waals surface area contributed by atoms with Crippen LogP contribution in [0.2, 0.25) is 0 Å². The second-order valence-electron chi connectivity index (χ2n) is 6.27. The third-order valence-corrected chi connectivity index (χ3v) is 3.55. The van der Waals surface area contributed by atoms with E-state index in [2.05, 4.69) is 31.4 Å². The molecule has 3 heteroatoms. The summed E-state index contributed by atoms with van der Waals surface area (Å²) in [6.07, 6.45) is 4.40. The van der Waals surface area contributed by atoms with Crippen LogP contribution in [0.5, 0.6) is 0 Å². The first kappa shape index (κ1) is 14.5. The van der Waals surface area contributed by atoms with Gasteiger partial charge >= 0.3 is 0 Å². The van der Waals surface area contributed by atoms with Crippen molar-refractivity contribution < 1.29 is 4.79 Å². The van der Waals surface area contributed by atoms with Gasteiger partial charge in [0.15, 0.2) is 0 Å². The van der Waals surface area contributed by atoms with E-state index in [4.69, 9.17) is 0 Å². The van der Waals surface area contributed by atoms with Crippen LogP contribution < -0.4 is 10.6 Å². The van der Waals surface area contributed by atoms with Crippen LogP contribution in [0, 0.1) is 11.3 Å². The van der Waals surface area contributed by atoms with Crippen LogP contribution in [0.25, 0.3) is 0 Å². The number of carbonyl (C=O) groups is 1. The standard InChI is InChI=1S/C14H28N2O/c1-5-15-13(17)6-7-16-12-8-11(2)9-14(3,4)10-12/h11-12,16H,5-10H2,1-4H3,(H,15,17). The van der Waals surface area contributed by atoms with Gasteiger partial charge in [-0.05, 0) is 37.5 Å². The average molecular weight is 240 g/mol. The summed E-state index contributed by atoms with van der Waals surface area (Å²) < 4.78 is 0. The van der Waals surface area contributed by atoms with E-state index in [-0.39, 0.29) is 5.91 Å². The molecule has 1 amide bonds. The van der Waals surface area contributed by atoms with Gasteiger partial charge in [-0.25, -0.2) is 0 Å². The van der Waals surface area contributed by atoms with Gasteiger partial charge in [0.1, 0.15) is 0 Å². The van der Waals surface area contributed by atoms with Crippen molar-refractivity contribution >= 4 is 5.91 Å². The number of nitrogens with one attached hydrogen (secondary N) is 2. The van der Waals surface area contributed by atoms with Crippen molar-refractivity contribution in [3.05, 3.63) is 0 Å². The van der Waals surface area contributed by atoms with Crippen LogP contribution in [0.4, 0.5) is 0 Å². The summed E-state index contributed by atoms with van der Waals surface area (Å²) in [6.45, 7) is 10.5. The number of hydrogen-bond acceptors (Lipinski definition) is 2. The largest absolute Gasteiger partial charge is 0.356 e. The Bertz CT molecular complexity index is 251. The smallest absolute Gasteiger partial charge is 0.221 e. The van der Waals surface area contributed by atoms with E-state index in [1.165, 1.54) is 19.3 Å². The lowest BCUT2D eigenvalue weighted by atomic mass is 9.70. The zero-order chi connectivity index (χ0) is 12.9. The maximum atomic E-state index is 11.3. The Morgan fingerprint density at radius 3 is 2.65 bits per heavy atom. The third kappa shape index (κ3) is 5.53. The van der Waals surface area contributed by atoms with E-state index in [0.717, 1.165) is 19.0 Å². The Morgan fingerprint density at radius 2 is 2.06 bits per heavy atom. The molecular formula is C14H28N2O. The quantitative estimate of drug-likeness (QED) is 0.774. The van der Waals surface area contributed by atoms with Gasteiger partial charge in [-0.15, -0.1) is 0 Å². The molecule has 0 aromatic carbocycles. The molecule has 1 aliphatic carbocycles. The molecule has 0 spiro atoms. The van der Waals surface area contributed by atoms with Crippen molar-refractivity contribution in [1.29, 1.82) is 0 Å². The van der Waals surface area contributed by atoms with Crippen molar-refractivity contribution in [2.24, 2.45) is 11.3 Å². The Morgan fingerprint density at radius 1 is 1.35 bits per heavy atom. The molecule has 0 aliphatic heterocycles. The van der Waals surface area contributed by atoms with Crippen molar-refractivity contribution in [2.45, 2.75) is 59.4 Å². The van der Waals surface area contributed by atoms with Gasteiger partial charge in [0.05, 0.1) is 0 Å². The van der Waals surface area contributed by atoms with Gasteiger partial charge < -0.3 is 10.6 Å². The van der Waals surface area contributed by atoms with Crippen LogP contribution in [-0.2, 0) is 4.79 Å². The topological polar surface area (TPSA) is 41.1 Å². The summed E-state index contributed by atoms with van der Waals surface area (Å²) in [5, 5.41) is 6.37. The fraction of sp³-hybridized carbons (Fsp3) is 0.929. The summed E-state index contributed by atoms with van der Waals surface area (Å²) in [7, 11) is 0. The summed E-state index contributed by atoms with van der Waals surface area (Å²) >= 11 is 0.